The third-order valence-electron chi connectivity index (χ3n) is 3.19. The summed E-state index contributed by atoms with van der Waals surface area (Å²) in [4.78, 5) is 13.9. The number of urea groups is 1. The van der Waals surface area contributed by atoms with Crippen LogP contribution >= 0.6 is 46.4 Å². The summed E-state index contributed by atoms with van der Waals surface area (Å²) in [6, 6.07) is 9.01. The van der Waals surface area contributed by atoms with Crippen LogP contribution in [0.1, 0.15) is 5.56 Å². The van der Waals surface area contributed by atoms with Crippen LogP contribution in [0.25, 0.3) is 0 Å². The normalized spacial score (nSPS) is 12.1. The third-order valence-corrected chi connectivity index (χ3v) is 4.32. The molecule has 2 aromatic carbocycles. The second-order valence-corrected chi connectivity index (χ2v) is 7.05. The summed E-state index contributed by atoms with van der Waals surface area (Å²) in [5, 5.41) is 2.94. The Hall–Kier alpha value is -1.80. The second kappa shape index (κ2) is 9.60. The number of alkyl halides is 4. The summed E-state index contributed by atoms with van der Waals surface area (Å²) in [6.45, 7) is 0. The van der Waals surface area contributed by atoms with Gasteiger partial charge in [-0.3, -0.25) is 0 Å². The Labute approximate surface area is 179 Å². The lowest BCUT2D eigenvalue weighted by Gasteiger charge is -2.18. The fourth-order valence-corrected chi connectivity index (χ4v) is 2.61. The number of halogens is 6. The third kappa shape index (κ3) is 5.85. The van der Waals surface area contributed by atoms with Crippen molar-refractivity contribution in [2.24, 2.45) is 4.99 Å². The van der Waals surface area contributed by atoms with Crippen molar-refractivity contribution in [1.82, 2.24) is 0 Å². The molecule has 1 N–H and O–H groups in total. The molecule has 0 bridgehead atoms. The van der Waals surface area contributed by atoms with Crippen molar-refractivity contribution in [3.05, 3.63) is 58.1 Å². The molecule has 0 atom stereocenters. The van der Waals surface area contributed by atoms with E-state index in [1.165, 1.54) is 31.4 Å². The minimum atomic E-state index is -3.76. The first-order chi connectivity index (χ1) is 13.1. The Morgan fingerprint density at radius 3 is 2.18 bits per heavy atom. The number of benzene rings is 2. The van der Waals surface area contributed by atoms with Gasteiger partial charge in [0.1, 0.15) is 5.75 Å². The number of rotatable bonds is 5. The lowest BCUT2D eigenvalue weighted by Crippen LogP contribution is -2.32. The van der Waals surface area contributed by atoms with E-state index in [-0.39, 0.29) is 32.9 Å². The molecule has 0 aliphatic heterocycles. The predicted molar refractivity (Wildman–Crippen MR) is 107 cm³/mol. The quantitative estimate of drug-likeness (QED) is 0.312. The number of methoxy groups -OCH3 is 1. The van der Waals surface area contributed by atoms with Gasteiger partial charge in [0.15, 0.2) is 0 Å². The van der Waals surface area contributed by atoms with Gasteiger partial charge in [-0.25, -0.2) is 4.79 Å². The number of carbonyl (C=O) groups is 1. The van der Waals surface area contributed by atoms with Crippen LogP contribution in [0.5, 0.6) is 5.75 Å². The van der Waals surface area contributed by atoms with Crippen LogP contribution in [0.3, 0.4) is 0 Å². The fourth-order valence-electron chi connectivity index (χ4n) is 1.96. The summed E-state index contributed by atoms with van der Waals surface area (Å²) in [7, 11) is 1.30. The highest BCUT2D eigenvalue weighted by molar-refractivity contribution is 6.44. The first-order valence-corrected chi connectivity index (χ1v) is 9.10. The highest BCUT2D eigenvalue weighted by Gasteiger charge is 2.40. The summed E-state index contributed by atoms with van der Waals surface area (Å²) in [6.07, 6.45) is -3.76. The van der Waals surface area contributed by atoms with E-state index in [4.69, 9.17) is 51.1 Å². The molecule has 0 radical (unpaired) electrons. The maximum absolute atomic E-state index is 13.3. The van der Waals surface area contributed by atoms with Crippen molar-refractivity contribution < 1.29 is 23.0 Å². The zero-order valence-corrected chi connectivity index (χ0v) is 17.1. The zero-order chi connectivity index (χ0) is 20.9. The molecule has 0 saturated heterocycles. The monoisotopic (exact) mass is 470 g/mol. The molecule has 0 heterocycles. The fraction of sp³-hybridized carbons (Fsp3) is 0.176. The van der Waals surface area contributed by atoms with Gasteiger partial charge in [0.05, 0.1) is 22.7 Å². The number of nitrogens with one attached hydrogen (secondary N) is 1. The zero-order valence-electron chi connectivity index (χ0n) is 14.1. The minimum absolute atomic E-state index is 0.0945. The molecule has 0 aliphatic rings. The van der Waals surface area contributed by atoms with Crippen molar-refractivity contribution >= 4 is 64.0 Å². The standard InChI is InChI=1S/C17H12Cl4F2N2O3/c1-27-14(13-11(18)3-2-4-12(13)19)25-16(26)24-9-5-7-10(8-6-9)28-17(22,23)15(20)21/h2-8,15H,1H3,(H,24,26)/b25-14-. The van der Waals surface area contributed by atoms with E-state index in [9.17, 15) is 13.6 Å². The molecule has 5 nitrogen and oxygen atoms in total. The maximum atomic E-state index is 13.3. The molecule has 11 heteroatoms. The predicted octanol–water partition coefficient (Wildman–Crippen LogP) is 6.39. The van der Waals surface area contributed by atoms with E-state index >= 15 is 0 Å². The number of carbonyl (C=O) groups excluding carboxylic acids is 1. The van der Waals surface area contributed by atoms with Crippen LogP contribution in [0.15, 0.2) is 47.5 Å². The molecule has 0 aliphatic carbocycles. The minimum Gasteiger partial charge on any atom is -0.480 e. The first kappa shape index (κ1) is 22.5. The molecule has 0 unspecified atom stereocenters. The molecular weight excluding hydrogens is 460 g/mol. The van der Waals surface area contributed by atoms with Gasteiger partial charge in [0, 0.05) is 5.69 Å². The molecule has 0 spiro atoms. The van der Waals surface area contributed by atoms with Gasteiger partial charge in [-0.1, -0.05) is 52.5 Å². The maximum Gasteiger partial charge on any atom is 0.428 e. The van der Waals surface area contributed by atoms with Gasteiger partial charge in [0.25, 0.3) is 0 Å². The Balaban J connectivity index is 2.13. The van der Waals surface area contributed by atoms with E-state index in [1.54, 1.807) is 18.2 Å². The Bertz CT molecular complexity index is 857. The average Bonchev–Trinajstić information content (AvgIpc) is 2.62. The second-order valence-electron chi connectivity index (χ2n) is 5.14. The van der Waals surface area contributed by atoms with E-state index in [0.29, 0.717) is 0 Å². The van der Waals surface area contributed by atoms with Crippen molar-refractivity contribution in [1.29, 1.82) is 0 Å². The van der Waals surface area contributed by atoms with E-state index < -0.39 is 17.0 Å². The molecule has 150 valence electrons. The molecule has 28 heavy (non-hydrogen) atoms. The number of hydrogen-bond acceptors (Lipinski definition) is 3. The average molecular weight is 472 g/mol. The number of amides is 2. The number of aliphatic imine (C=N–C) groups is 1. The van der Waals surface area contributed by atoms with Gasteiger partial charge in [-0.05, 0) is 36.4 Å². The summed E-state index contributed by atoms with van der Waals surface area (Å²) in [5.41, 5.74) is 0.518. The molecule has 2 amide bonds. The number of ether oxygens (including phenoxy) is 2. The van der Waals surface area contributed by atoms with Gasteiger partial charge in [-0.15, -0.1) is 0 Å². The van der Waals surface area contributed by atoms with Crippen LogP contribution in [-0.2, 0) is 4.74 Å². The molecule has 2 rings (SSSR count). The van der Waals surface area contributed by atoms with Crippen LogP contribution in [0, 0.1) is 0 Å². The molecule has 2 aromatic rings. The highest BCUT2D eigenvalue weighted by atomic mass is 35.5. The Morgan fingerprint density at radius 1 is 1.11 bits per heavy atom. The first-order valence-electron chi connectivity index (χ1n) is 7.47. The van der Waals surface area contributed by atoms with Crippen molar-refractivity contribution in [3.8, 4) is 5.75 Å². The van der Waals surface area contributed by atoms with Gasteiger partial charge >= 0.3 is 12.1 Å². The Kier molecular flexibility index (Phi) is 7.71. The largest absolute Gasteiger partial charge is 0.480 e. The Morgan fingerprint density at radius 2 is 1.68 bits per heavy atom. The van der Waals surface area contributed by atoms with Gasteiger partial charge in [0.2, 0.25) is 10.7 Å². The highest BCUT2D eigenvalue weighted by Crippen LogP contribution is 2.30. The van der Waals surface area contributed by atoms with Crippen molar-refractivity contribution in [3.63, 3.8) is 0 Å². The SMILES string of the molecule is CO/C(=N\C(=O)Nc1ccc(OC(F)(F)C(Cl)Cl)cc1)c1c(Cl)cccc1Cl. The van der Waals surface area contributed by atoms with Crippen LogP contribution in [0.4, 0.5) is 19.3 Å². The van der Waals surface area contributed by atoms with E-state index in [2.05, 4.69) is 15.0 Å². The summed E-state index contributed by atoms with van der Waals surface area (Å²) >= 11 is 22.4. The van der Waals surface area contributed by atoms with Gasteiger partial charge in [-0.2, -0.15) is 13.8 Å². The van der Waals surface area contributed by atoms with Crippen LogP contribution in [0.2, 0.25) is 10.0 Å². The summed E-state index contributed by atoms with van der Waals surface area (Å²) < 4.78 is 36.2. The molecule has 0 fully saturated rings. The van der Waals surface area contributed by atoms with E-state index in [1.807, 2.05) is 0 Å². The number of nitrogens with zero attached hydrogens (tertiary/aromatic N) is 1. The smallest absolute Gasteiger partial charge is 0.428 e. The van der Waals surface area contributed by atoms with Crippen LogP contribution < -0.4 is 10.1 Å². The molecule has 0 aromatic heterocycles. The number of hydrogen-bond donors (Lipinski definition) is 1. The van der Waals surface area contributed by atoms with Crippen molar-refractivity contribution in [2.75, 3.05) is 12.4 Å². The van der Waals surface area contributed by atoms with Crippen LogP contribution in [-0.4, -0.2) is 30.0 Å². The summed E-state index contributed by atoms with van der Waals surface area (Å²) in [5.74, 6) is -0.291. The lowest BCUT2D eigenvalue weighted by molar-refractivity contribution is -0.163. The van der Waals surface area contributed by atoms with Crippen molar-refractivity contribution in [2.45, 2.75) is 10.9 Å². The lowest BCUT2D eigenvalue weighted by atomic mass is 10.2. The molecular formula is C17H12Cl4F2N2O3. The topological polar surface area (TPSA) is 59.9 Å². The molecule has 0 saturated carbocycles. The van der Waals surface area contributed by atoms with Gasteiger partial charge < -0.3 is 14.8 Å². The van der Waals surface area contributed by atoms with E-state index in [0.717, 1.165) is 0 Å². The number of anilines is 1.